The van der Waals surface area contributed by atoms with E-state index in [2.05, 4.69) is 39.5 Å². The third-order valence-corrected chi connectivity index (χ3v) is 3.53. The van der Waals surface area contributed by atoms with Crippen molar-refractivity contribution in [2.24, 2.45) is 11.3 Å². The van der Waals surface area contributed by atoms with E-state index in [1.165, 1.54) is 31.3 Å². The summed E-state index contributed by atoms with van der Waals surface area (Å²) in [6.45, 7) is 12.3. The van der Waals surface area contributed by atoms with Gasteiger partial charge in [-0.3, -0.25) is 0 Å². The molecular formula is C15H23. The Hall–Kier alpha value is -0.780. The van der Waals surface area contributed by atoms with Crippen molar-refractivity contribution >= 4 is 0 Å². The second kappa shape index (κ2) is 5.34. The highest BCUT2D eigenvalue weighted by atomic mass is 14.4. The van der Waals surface area contributed by atoms with Crippen LogP contribution in [0.4, 0.5) is 0 Å². The molecule has 83 valence electrons. The SMILES string of the molecule is C=C[CH]/C(=C\C=C)[C@H]1CCCCC1(C)C. The highest BCUT2D eigenvalue weighted by Crippen LogP contribution is 2.45. The summed E-state index contributed by atoms with van der Waals surface area (Å²) in [5.74, 6) is 0.669. The van der Waals surface area contributed by atoms with Crippen LogP contribution in [0.25, 0.3) is 0 Å². The van der Waals surface area contributed by atoms with Gasteiger partial charge in [0.2, 0.25) is 0 Å². The normalized spacial score (nSPS) is 26.0. The Morgan fingerprint density at radius 2 is 1.93 bits per heavy atom. The summed E-state index contributed by atoms with van der Waals surface area (Å²) < 4.78 is 0. The summed E-state index contributed by atoms with van der Waals surface area (Å²) in [5, 5.41) is 0. The average molecular weight is 203 g/mol. The molecule has 1 atom stereocenters. The molecule has 0 nitrogen and oxygen atoms in total. The van der Waals surface area contributed by atoms with Crippen LogP contribution in [0.5, 0.6) is 0 Å². The summed E-state index contributed by atoms with van der Waals surface area (Å²) in [7, 11) is 0. The maximum Gasteiger partial charge on any atom is 0.00806 e. The Morgan fingerprint density at radius 1 is 1.20 bits per heavy atom. The third-order valence-electron chi connectivity index (χ3n) is 3.53. The van der Waals surface area contributed by atoms with Crippen molar-refractivity contribution in [3.63, 3.8) is 0 Å². The smallest absolute Gasteiger partial charge is 0.00806 e. The van der Waals surface area contributed by atoms with Crippen LogP contribution in [0.3, 0.4) is 0 Å². The van der Waals surface area contributed by atoms with Gasteiger partial charge in [-0.15, -0.1) is 6.58 Å². The molecule has 0 aromatic carbocycles. The molecule has 0 heteroatoms. The molecule has 15 heavy (non-hydrogen) atoms. The lowest BCUT2D eigenvalue weighted by Crippen LogP contribution is -2.29. The van der Waals surface area contributed by atoms with Gasteiger partial charge < -0.3 is 0 Å². The zero-order valence-corrected chi connectivity index (χ0v) is 10.1. The average Bonchev–Trinajstić information content (AvgIpc) is 2.17. The van der Waals surface area contributed by atoms with Crippen molar-refractivity contribution < 1.29 is 0 Å². The molecule has 0 aliphatic heterocycles. The molecule has 0 spiro atoms. The number of rotatable bonds is 4. The van der Waals surface area contributed by atoms with Crippen molar-refractivity contribution in [3.05, 3.63) is 43.4 Å². The van der Waals surface area contributed by atoms with E-state index in [0.717, 1.165) is 0 Å². The first-order valence-corrected chi connectivity index (χ1v) is 5.90. The molecule has 1 saturated carbocycles. The van der Waals surface area contributed by atoms with Crippen LogP contribution in [-0.4, -0.2) is 0 Å². The van der Waals surface area contributed by atoms with E-state index in [-0.39, 0.29) is 0 Å². The largest absolute Gasteiger partial charge is 0.102 e. The minimum absolute atomic E-state index is 0.423. The van der Waals surface area contributed by atoms with Gasteiger partial charge in [0, 0.05) is 6.42 Å². The molecule has 0 unspecified atom stereocenters. The minimum atomic E-state index is 0.423. The highest BCUT2D eigenvalue weighted by molar-refractivity contribution is 5.28. The predicted octanol–water partition coefficient (Wildman–Crippen LogP) is 4.71. The van der Waals surface area contributed by atoms with Crippen molar-refractivity contribution in [2.75, 3.05) is 0 Å². The Balaban J connectivity index is 2.85. The van der Waals surface area contributed by atoms with Gasteiger partial charge in [0.05, 0.1) is 0 Å². The zero-order chi connectivity index (χ0) is 11.3. The molecule has 0 N–H and O–H groups in total. The number of hydrogen-bond donors (Lipinski definition) is 0. The molecule has 1 rings (SSSR count). The van der Waals surface area contributed by atoms with Gasteiger partial charge in [0.15, 0.2) is 0 Å². The third kappa shape index (κ3) is 3.09. The van der Waals surface area contributed by atoms with E-state index >= 15 is 0 Å². The molecule has 0 saturated heterocycles. The monoisotopic (exact) mass is 203 g/mol. The van der Waals surface area contributed by atoms with Crippen LogP contribution >= 0.6 is 0 Å². The van der Waals surface area contributed by atoms with E-state index < -0.39 is 0 Å². The van der Waals surface area contributed by atoms with Crippen molar-refractivity contribution in [1.82, 2.24) is 0 Å². The lowest BCUT2D eigenvalue weighted by Gasteiger charge is -2.40. The second-order valence-electron chi connectivity index (χ2n) is 5.09. The molecule has 1 aliphatic carbocycles. The molecule has 0 bridgehead atoms. The first kappa shape index (κ1) is 12.3. The molecule has 1 radical (unpaired) electrons. The minimum Gasteiger partial charge on any atom is -0.102 e. The summed E-state index contributed by atoms with van der Waals surface area (Å²) in [6, 6.07) is 0. The van der Waals surface area contributed by atoms with E-state index in [9.17, 15) is 0 Å². The van der Waals surface area contributed by atoms with Gasteiger partial charge in [-0.25, -0.2) is 0 Å². The van der Waals surface area contributed by atoms with E-state index in [0.29, 0.717) is 11.3 Å². The topological polar surface area (TPSA) is 0 Å². The summed E-state index contributed by atoms with van der Waals surface area (Å²) >= 11 is 0. The van der Waals surface area contributed by atoms with Crippen molar-refractivity contribution in [2.45, 2.75) is 39.5 Å². The van der Waals surface area contributed by atoms with Crippen LogP contribution < -0.4 is 0 Å². The maximum absolute atomic E-state index is 3.79. The molecule has 1 fully saturated rings. The van der Waals surface area contributed by atoms with Gasteiger partial charge in [0.25, 0.3) is 0 Å². The zero-order valence-electron chi connectivity index (χ0n) is 10.1. The maximum atomic E-state index is 3.79. The van der Waals surface area contributed by atoms with Crippen molar-refractivity contribution in [3.8, 4) is 0 Å². The molecule has 0 heterocycles. The predicted molar refractivity (Wildman–Crippen MR) is 68.5 cm³/mol. The van der Waals surface area contributed by atoms with Crippen LogP contribution in [0, 0.1) is 17.8 Å². The van der Waals surface area contributed by atoms with E-state index in [4.69, 9.17) is 0 Å². The Bertz CT molecular complexity index is 255. The van der Waals surface area contributed by atoms with Crippen LogP contribution in [-0.2, 0) is 0 Å². The van der Waals surface area contributed by atoms with Gasteiger partial charge >= 0.3 is 0 Å². The number of hydrogen-bond acceptors (Lipinski definition) is 0. The molecule has 0 amide bonds. The quantitative estimate of drug-likeness (QED) is 0.581. The summed E-state index contributed by atoms with van der Waals surface area (Å²) in [6.07, 6.45) is 13.4. The van der Waals surface area contributed by atoms with Crippen LogP contribution in [0.15, 0.2) is 37.0 Å². The van der Waals surface area contributed by atoms with Crippen molar-refractivity contribution in [1.29, 1.82) is 0 Å². The molecule has 1 aliphatic rings. The molecule has 0 aromatic rings. The molecule has 0 aromatic heterocycles. The Kier molecular flexibility index (Phi) is 4.38. The fourth-order valence-corrected chi connectivity index (χ4v) is 2.67. The summed E-state index contributed by atoms with van der Waals surface area (Å²) in [5.41, 5.74) is 1.82. The van der Waals surface area contributed by atoms with E-state index in [1.807, 2.05) is 12.2 Å². The fourth-order valence-electron chi connectivity index (χ4n) is 2.67. The Morgan fingerprint density at radius 3 is 2.47 bits per heavy atom. The highest BCUT2D eigenvalue weighted by Gasteiger charge is 2.33. The lowest BCUT2D eigenvalue weighted by molar-refractivity contribution is 0.169. The Labute approximate surface area is 94.8 Å². The lowest BCUT2D eigenvalue weighted by atomic mass is 9.65. The first-order valence-electron chi connectivity index (χ1n) is 5.90. The summed E-state index contributed by atoms with van der Waals surface area (Å²) in [4.78, 5) is 0. The van der Waals surface area contributed by atoms with Gasteiger partial charge in [-0.2, -0.15) is 0 Å². The van der Waals surface area contributed by atoms with Crippen LogP contribution in [0.2, 0.25) is 0 Å². The second-order valence-corrected chi connectivity index (χ2v) is 5.09. The standard InChI is InChI=1S/C15H23/c1-5-9-13(10-6-2)14-11-7-8-12-15(14,3)4/h5-6,9-10,14H,1-2,7-8,11-12H2,3-4H3/b13-9+/t14-/m1/s1. The fraction of sp³-hybridized carbons (Fsp3) is 0.533. The number of allylic oxidation sites excluding steroid dienone is 4. The molecular weight excluding hydrogens is 180 g/mol. The van der Waals surface area contributed by atoms with Gasteiger partial charge in [-0.1, -0.05) is 57.1 Å². The first-order chi connectivity index (χ1) is 7.11. The van der Waals surface area contributed by atoms with Gasteiger partial charge in [0.1, 0.15) is 0 Å². The van der Waals surface area contributed by atoms with Gasteiger partial charge in [-0.05, 0) is 24.2 Å². The van der Waals surface area contributed by atoms with E-state index in [1.54, 1.807) is 0 Å². The van der Waals surface area contributed by atoms with Crippen LogP contribution in [0.1, 0.15) is 39.5 Å².